The van der Waals surface area contributed by atoms with E-state index >= 15 is 0 Å². The lowest BCUT2D eigenvalue weighted by Gasteiger charge is -2.33. The quantitative estimate of drug-likeness (QED) is 0.241. The van der Waals surface area contributed by atoms with Crippen LogP contribution in [0.25, 0.3) is 0 Å². The van der Waals surface area contributed by atoms with Gasteiger partial charge >= 0.3 is 29.9 Å². The lowest BCUT2D eigenvalue weighted by atomic mass is 9.90. The van der Waals surface area contributed by atoms with Gasteiger partial charge in [0.15, 0.2) is 0 Å². The van der Waals surface area contributed by atoms with Gasteiger partial charge in [-0.15, -0.1) is 0 Å². The van der Waals surface area contributed by atoms with Crippen LogP contribution in [0, 0.1) is 15.9 Å². The second kappa shape index (κ2) is 8.66. The zero-order valence-electron chi connectivity index (χ0n) is 15.6. The first-order chi connectivity index (χ1) is 15.2. The Morgan fingerprint density at radius 1 is 0.912 bits per heavy atom. The maximum atomic E-state index is 14.8. The summed E-state index contributed by atoms with van der Waals surface area (Å²) in [6.07, 6.45) is -19.5. The molecule has 2 aromatic carbocycles. The number of carbonyl (C=O) groups excluding carboxylic acids is 1. The van der Waals surface area contributed by atoms with Crippen LogP contribution in [0.4, 0.5) is 59.7 Å². The predicted octanol–water partition coefficient (Wildman–Crippen LogP) is 7.06. The van der Waals surface area contributed by atoms with Crippen LogP contribution < -0.4 is 5.32 Å². The number of nitrogens with one attached hydrogen (secondary N) is 1. The maximum absolute atomic E-state index is 14.8. The molecule has 0 aliphatic rings. The van der Waals surface area contributed by atoms with E-state index in [2.05, 4.69) is 15.9 Å². The largest absolute Gasteiger partial charge is 0.436 e. The Bertz CT molecular complexity index is 1130. The SMILES string of the molecule is O=C(Nc1c(C(F)(F)F)ccc(Br)c1C(F)(C(F)(F)F)C(F)(F)F)c1cccc([N+](=O)[O-])c1F. The van der Waals surface area contributed by atoms with Gasteiger partial charge in [0.2, 0.25) is 5.82 Å². The first-order valence-electron chi connectivity index (χ1n) is 8.22. The van der Waals surface area contributed by atoms with Gasteiger partial charge < -0.3 is 5.32 Å². The summed E-state index contributed by atoms with van der Waals surface area (Å²) in [4.78, 5) is 21.7. The van der Waals surface area contributed by atoms with Gasteiger partial charge in [-0.25, -0.2) is 4.39 Å². The molecule has 34 heavy (non-hydrogen) atoms. The molecule has 0 saturated carbocycles. The highest BCUT2D eigenvalue weighted by atomic mass is 79.9. The normalized spacial score (nSPS) is 13.1. The fourth-order valence-corrected chi connectivity index (χ4v) is 3.34. The number of nitrogens with zero attached hydrogens (tertiary/aromatic N) is 1. The molecule has 0 unspecified atom stereocenters. The number of hydrogen-bond donors (Lipinski definition) is 1. The Balaban J connectivity index is 2.90. The Labute approximate surface area is 188 Å². The summed E-state index contributed by atoms with van der Waals surface area (Å²) in [5.41, 5.74) is -16.7. The predicted molar refractivity (Wildman–Crippen MR) is 95.0 cm³/mol. The van der Waals surface area contributed by atoms with Gasteiger partial charge in [-0.1, -0.05) is 22.0 Å². The Kier molecular flexibility index (Phi) is 6.95. The van der Waals surface area contributed by atoms with Crippen molar-refractivity contribution >= 4 is 33.2 Å². The minimum absolute atomic E-state index is 0.0353. The zero-order valence-corrected chi connectivity index (χ0v) is 17.2. The van der Waals surface area contributed by atoms with Crippen LogP contribution in [0.3, 0.4) is 0 Å². The summed E-state index contributed by atoms with van der Waals surface area (Å²) in [7, 11) is 0. The molecule has 0 saturated heterocycles. The van der Waals surface area contributed by atoms with Gasteiger partial charge in [-0.3, -0.25) is 14.9 Å². The van der Waals surface area contributed by atoms with E-state index in [-0.39, 0.29) is 12.1 Å². The van der Waals surface area contributed by atoms with E-state index in [1.54, 1.807) is 0 Å². The third kappa shape index (κ3) is 4.65. The first kappa shape index (κ1) is 27.3. The van der Waals surface area contributed by atoms with Crippen molar-refractivity contribution in [3.8, 4) is 0 Å². The molecule has 1 N–H and O–H groups in total. The topological polar surface area (TPSA) is 72.2 Å². The molecule has 1 amide bonds. The van der Waals surface area contributed by atoms with Crippen molar-refractivity contribution < 1.29 is 58.0 Å². The van der Waals surface area contributed by atoms with Gasteiger partial charge in [0.1, 0.15) is 0 Å². The van der Waals surface area contributed by atoms with Crippen LogP contribution in [-0.4, -0.2) is 23.2 Å². The van der Waals surface area contributed by atoms with Crippen molar-refractivity contribution in [1.82, 2.24) is 0 Å². The second-order valence-electron chi connectivity index (χ2n) is 6.35. The van der Waals surface area contributed by atoms with E-state index in [0.29, 0.717) is 18.2 Å². The monoisotopic (exact) mass is 574 g/mol. The number of nitro benzene ring substituents is 1. The fourth-order valence-electron chi connectivity index (χ4n) is 2.74. The Morgan fingerprint density at radius 3 is 1.88 bits per heavy atom. The van der Waals surface area contributed by atoms with Crippen molar-refractivity contribution in [2.45, 2.75) is 24.2 Å². The number of rotatable bonds is 4. The molecule has 0 aliphatic heterocycles. The molecule has 0 atom stereocenters. The number of benzene rings is 2. The standard InChI is InChI=1S/C17H6BrF11N2O3/c18-8-5-4-7(15(21,22)23)12(10(8)14(20,16(24,25)26)17(27,28)29)30-13(32)6-2-1-3-9(11(6)19)31(33)34/h1-5H,(H,30,32). The minimum atomic E-state index is -6.88. The number of nitro groups is 1. The first-order valence-corrected chi connectivity index (χ1v) is 9.01. The number of hydrogen-bond acceptors (Lipinski definition) is 3. The molecule has 0 spiro atoms. The fraction of sp³-hybridized carbons (Fsp3) is 0.235. The molecule has 5 nitrogen and oxygen atoms in total. The van der Waals surface area contributed by atoms with E-state index < -0.39 is 73.4 Å². The van der Waals surface area contributed by atoms with E-state index in [1.165, 1.54) is 0 Å². The van der Waals surface area contributed by atoms with Crippen molar-refractivity contribution in [3.63, 3.8) is 0 Å². The molecule has 17 heteroatoms. The van der Waals surface area contributed by atoms with Gasteiger partial charge in [0.05, 0.1) is 21.7 Å². The number of halogens is 12. The summed E-state index contributed by atoms with van der Waals surface area (Å²) < 4.78 is 148. The van der Waals surface area contributed by atoms with Crippen molar-refractivity contribution in [1.29, 1.82) is 0 Å². The Hall–Kier alpha value is -2.98. The molecule has 0 aliphatic carbocycles. The Morgan fingerprint density at radius 2 is 1.44 bits per heavy atom. The maximum Gasteiger partial charge on any atom is 0.436 e. The summed E-state index contributed by atoms with van der Waals surface area (Å²) in [5.74, 6) is -4.09. The molecular weight excluding hydrogens is 569 g/mol. The highest BCUT2D eigenvalue weighted by molar-refractivity contribution is 9.10. The van der Waals surface area contributed by atoms with Gasteiger partial charge in [0, 0.05) is 16.1 Å². The number of carbonyl (C=O) groups is 1. The number of amides is 1. The second-order valence-corrected chi connectivity index (χ2v) is 7.20. The van der Waals surface area contributed by atoms with Crippen molar-refractivity contribution in [2.75, 3.05) is 5.32 Å². The number of alkyl halides is 10. The van der Waals surface area contributed by atoms with E-state index in [1.807, 2.05) is 0 Å². The molecule has 0 heterocycles. The lowest BCUT2D eigenvalue weighted by Crippen LogP contribution is -2.51. The third-order valence-electron chi connectivity index (χ3n) is 4.24. The van der Waals surface area contributed by atoms with Crippen LogP contribution >= 0.6 is 15.9 Å². The highest BCUT2D eigenvalue weighted by Gasteiger charge is 2.75. The number of anilines is 1. The molecule has 0 radical (unpaired) electrons. The molecule has 2 rings (SSSR count). The molecule has 186 valence electrons. The third-order valence-corrected chi connectivity index (χ3v) is 4.90. The van der Waals surface area contributed by atoms with Gasteiger partial charge in [0.25, 0.3) is 5.91 Å². The van der Waals surface area contributed by atoms with Crippen LogP contribution in [0.2, 0.25) is 0 Å². The molecule has 0 bridgehead atoms. The average molecular weight is 575 g/mol. The smallest absolute Gasteiger partial charge is 0.321 e. The van der Waals surface area contributed by atoms with E-state index in [4.69, 9.17) is 0 Å². The van der Waals surface area contributed by atoms with Crippen LogP contribution in [0.5, 0.6) is 0 Å². The molecule has 2 aromatic rings. The van der Waals surface area contributed by atoms with E-state index in [9.17, 15) is 63.2 Å². The summed E-state index contributed by atoms with van der Waals surface area (Å²) >= 11 is 2.14. The van der Waals surface area contributed by atoms with Crippen LogP contribution in [0.15, 0.2) is 34.8 Å². The lowest BCUT2D eigenvalue weighted by molar-refractivity contribution is -0.387. The molecule has 0 fully saturated rings. The van der Waals surface area contributed by atoms with Crippen LogP contribution in [0.1, 0.15) is 21.5 Å². The highest BCUT2D eigenvalue weighted by Crippen LogP contribution is 2.58. The van der Waals surface area contributed by atoms with E-state index in [0.717, 1.165) is 5.32 Å². The summed E-state index contributed by atoms with van der Waals surface area (Å²) in [6, 6.07) is 1.58. The average Bonchev–Trinajstić information content (AvgIpc) is 2.64. The summed E-state index contributed by atoms with van der Waals surface area (Å²) in [5, 5.41) is 11.8. The zero-order chi connectivity index (χ0) is 26.4. The molecule has 0 aromatic heterocycles. The van der Waals surface area contributed by atoms with Gasteiger partial charge in [-0.2, -0.15) is 43.9 Å². The van der Waals surface area contributed by atoms with Crippen molar-refractivity contribution in [2.24, 2.45) is 0 Å². The summed E-state index contributed by atoms with van der Waals surface area (Å²) in [6.45, 7) is 0. The van der Waals surface area contributed by atoms with Crippen molar-refractivity contribution in [3.05, 3.63) is 67.4 Å². The van der Waals surface area contributed by atoms with Gasteiger partial charge in [-0.05, 0) is 18.2 Å². The molecular formula is C17H6BrF11N2O3. The minimum Gasteiger partial charge on any atom is -0.321 e. The van der Waals surface area contributed by atoms with Crippen LogP contribution in [-0.2, 0) is 11.8 Å².